The van der Waals surface area contributed by atoms with Crippen molar-refractivity contribution in [3.63, 3.8) is 0 Å². The fourth-order valence-electron chi connectivity index (χ4n) is 3.13. The van der Waals surface area contributed by atoms with Crippen LogP contribution in [0.25, 0.3) is 0 Å². The molecule has 2 rings (SSSR count). The fourth-order valence-corrected chi connectivity index (χ4v) is 4.14. The molecule has 6 nitrogen and oxygen atoms in total. The first-order valence-corrected chi connectivity index (χ1v) is 13.4. The van der Waals surface area contributed by atoms with E-state index in [2.05, 4.69) is 32.5 Å². The zero-order valence-electron chi connectivity index (χ0n) is 20.7. The number of amidine groups is 2. The Hall–Kier alpha value is -1.97. The SMILES string of the molecule is CCN(CC)C([S-])=NN=C(C(=NN=C([S-])N(CC)CC)c1ccc(SC)cc1)c1ccccc1.[Cu+2]. The van der Waals surface area contributed by atoms with Crippen LogP contribution in [0.1, 0.15) is 38.8 Å². The minimum atomic E-state index is 0. The van der Waals surface area contributed by atoms with Gasteiger partial charge in [0.15, 0.2) is 0 Å². The Labute approximate surface area is 235 Å². The molecule has 0 unspecified atom stereocenters. The molecule has 0 saturated heterocycles. The number of hydrogen-bond acceptors (Lipinski definition) is 7. The van der Waals surface area contributed by atoms with Crippen molar-refractivity contribution in [3.05, 3.63) is 65.7 Å². The second-order valence-electron chi connectivity index (χ2n) is 7.10. The van der Waals surface area contributed by atoms with Crippen molar-refractivity contribution in [2.75, 3.05) is 32.4 Å². The van der Waals surface area contributed by atoms with Crippen molar-refractivity contribution in [1.29, 1.82) is 0 Å². The van der Waals surface area contributed by atoms with Gasteiger partial charge in [0.25, 0.3) is 0 Å². The average Bonchev–Trinajstić information content (AvgIpc) is 2.88. The molecule has 191 valence electrons. The first-order chi connectivity index (χ1) is 16.5. The van der Waals surface area contributed by atoms with Crippen LogP contribution in [-0.4, -0.2) is 64.0 Å². The molecule has 0 fully saturated rings. The van der Waals surface area contributed by atoms with Gasteiger partial charge in [-0.3, -0.25) is 0 Å². The molecule has 0 aromatic heterocycles. The van der Waals surface area contributed by atoms with E-state index in [1.54, 1.807) is 11.8 Å². The van der Waals surface area contributed by atoms with Crippen LogP contribution >= 0.6 is 11.8 Å². The maximum atomic E-state index is 5.51. The Morgan fingerprint density at radius 1 is 0.657 bits per heavy atom. The predicted molar refractivity (Wildman–Crippen MR) is 153 cm³/mol. The summed E-state index contributed by atoms with van der Waals surface area (Å²) in [5, 5.41) is 18.9. The van der Waals surface area contributed by atoms with E-state index in [4.69, 9.17) is 25.3 Å². The first kappa shape index (κ1) is 31.1. The van der Waals surface area contributed by atoms with Crippen LogP contribution in [0.2, 0.25) is 0 Å². The zero-order chi connectivity index (χ0) is 24.9. The van der Waals surface area contributed by atoms with E-state index in [-0.39, 0.29) is 17.1 Å². The molecule has 0 bridgehead atoms. The molecular formula is C25H32CuN6S3. The molecule has 0 atom stereocenters. The van der Waals surface area contributed by atoms with Crippen LogP contribution in [0.5, 0.6) is 0 Å². The molecule has 1 radical (unpaired) electrons. The van der Waals surface area contributed by atoms with Crippen LogP contribution in [0.4, 0.5) is 0 Å². The van der Waals surface area contributed by atoms with Crippen LogP contribution in [0.3, 0.4) is 0 Å². The van der Waals surface area contributed by atoms with E-state index in [9.17, 15) is 0 Å². The number of rotatable bonds is 10. The minimum absolute atomic E-state index is 0. The van der Waals surface area contributed by atoms with Crippen molar-refractivity contribution >= 4 is 58.8 Å². The van der Waals surface area contributed by atoms with Gasteiger partial charge in [-0.05, 0) is 46.1 Å². The van der Waals surface area contributed by atoms with E-state index < -0.39 is 0 Å². The summed E-state index contributed by atoms with van der Waals surface area (Å²) < 4.78 is 0. The largest absolute Gasteiger partial charge is 2.00 e. The van der Waals surface area contributed by atoms with Gasteiger partial charge in [0, 0.05) is 52.5 Å². The minimum Gasteiger partial charge on any atom is -0.741 e. The molecule has 0 spiro atoms. The van der Waals surface area contributed by atoms with Crippen molar-refractivity contribution < 1.29 is 17.1 Å². The zero-order valence-corrected chi connectivity index (χ0v) is 24.1. The van der Waals surface area contributed by atoms with Crippen molar-refractivity contribution in [2.45, 2.75) is 32.6 Å². The molecule has 2 aromatic rings. The predicted octanol–water partition coefficient (Wildman–Crippen LogP) is 5.00. The quantitative estimate of drug-likeness (QED) is 0.0996. The van der Waals surface area contributed by atoms with Crippen molar-refractivity contribution in [1.82, 2.24) is 9.80 Å². The maximum absolute atomic E-state index is 5.51. The van der Waals surface area contributed by atoms with E-state index in [1.807, 2.05) is 86.2 Å². The molecule has 0 aliphatic carbocycles. The molecule has 0 amide bonds. The molecule has 2 aromatic carbocycles. The van der Waals surface area contributed by atoms with E-state index in [0.29, 0.717) is 21.8 Å². The second-order valence-corrected chi connectivity index (χ2v) is 8.71. The van der Waals surface area contributed by atoms with Gasteiger partial charge in [-0.1, -0.05) is 42.5 Å². The van der Waals surface area contributed by atoms with Crippen LogP contribution in [0, 0.1) is 0 Å². The van der Waals surface area contributed by atoms with Crippen molar-refractivity contribution in [2.24, 2.45) is 20.4 Å². The Bertz CT molecular complexity index is 1020. The number of benzene rings is 2. The van der Waals surface area contributed by atoms with Gasteiger partial charge in [0.2, 0.25) is 0 Å². The molecule has 0 heterocycles. The smallest absolute Gasteiger partial charge is 0.741 e. The molecular weight excluding hydrogens is 544 g/mol. The summed E-state index contributed by atoms with van der Waals surface area (Å²) in [5.74, 6) is 0. The normalized spacial score (nSPS) is 12.8. The van der Waals surface area contributed by atoms with Crippen LogP contribution in [0.15, 0.2) is 79.9 Å². The molecule has 10 heteroatoms. The molecule has 0 aliphatic heterocycles. The Balaban J connectivity index is 0.00000612. The number of nitrogens with zero attached hydrogens (tertiary/aromatic N) is 6. The van der Waals surface area contributed by atoms with Gasteiger partial charge in [-0.25, -0.2) is 0 Å². The number of hydrogen-bond donors (Lipinski definition) is 0. The van der Waals surface area contributed by atoms with E-state index in [0.717, 1.165) is 42.2 Å². The average molecular weight is 576 g/mol. The van der Waals surface area contributed by atoms with Crippen LogP contribution < -0.4 is 0 Å². The summed E-state index contributed by atoms with van der Waals surface area (Å²) in [6.07, 6.45) is 2.05. The fraction of sp³-hybridized carbons (Fsp3) is 0.360. The monoisotopic (exact) mass is 575 g/mol. The standard InChI is InChI=1S/C25H34N6S3.Cu/c1-6-30(7-2)24(32)28-26-22(19-13-11-10-12-14-19)23(20-15-17-21(34-5)18-16-20)27-29-25(33)31(8-3)9-4;/h10-18H,6-9H2,1-5H3,(H,28,32)(H,29,33);/q;+2/p-2. The summed E-state index contributed by atoms with van der Waals surface area (Å²) in [4.78, 5) is 5.11. The van der Waals surface area contributed by atoms with Crippen molar-refractivity contribution in [3.8, 4) is 0 Å². The second kappa shape index (κ2) is 16.7. The summed E-state index contributed by atoms with van der Waals surface area (Å²) in [6, 6.07) is 18.0. The number of thioether (sulfide) groups is 1. The van der Waals surface area contributed by atoms with Gasteiger partial charge < -0.3 is 35.1 Å². The summed E-state index contributed by atoms with van der Waals surface area (Å²) in [7, 11) is 0. The third-order valence-corrected chi connectivity index (χ3v) is 6.60. The first-order valence-electron chi connectivity index (χ1n) is 11.3. The maximum Gasteiger partial charge on any atom is 2.00 e. The van der Waals surface area contributed by atoms with Crippen LogP contribution in [-0.2, 0) is 42.3 Å². The Morgan fingerprint density at radius 2 is 1.06 bits per heavy atom. The summed E-state index contributed by atoms with van der Waals surface area (Å²) >= 11 is 12.7. The molecule has 0 N–H and O–H groups in total. The summed E-state index contributed by atoms with van der Waals surface area (Å²) in [6.45, 7) is 11.2. The van der Waals surface area contributed by atoms with Gasteiger partial charge in [0.05, 0.1) is 0 Å². The third kappa shape index (κ3) is 9.20. The van der Waals surface area contributed by atoms with Gasteiger partial charge in [0.1, 0.15) is 11.4 Å². The third-order valence-electron chi connectivity index (χ3n) is 5.17. The summed E-state index contributed by atoms with van der Waals surface area (Å²) in [5.41, 5.74) is 2.90. The van der Waals surface area contributed by atoms with E-state index >= 15 is 0 Å². The topological polar surface area (TPSA) is 55.9 Å². The van der Waals surface area contributed by atoms with Gasteiger partial charge in [-0.15, -0.1) is 22.0 Å². The Morgan fingerprint density at radius 3 is 1.43 bits per heavy atom. The molecule has 0 aliphatic rings. The van der Waals surface area contributed by atoms with Gasteiger partial charge >= 0.3 is 17.1 Å². The molecule has 0 saturated carbocycles. The molecule has 35 heavy (non-hydrogen) atoms. The Kier molecular flexibility index (Phi) is 14.8. The van der Waals surface area contributed by atoms with E-state index in [1.165, 1.54) is 0 Å². The van der Waals surface area contributed by atoms with Gasteiger partial charge in [-0.2, -0.15) is 10.2 Å².